The van der Waals surface area contributed by atoms with Crippen LogP contribution in [0, 0.1) is 6.92 Å². The topological polar surface area (TPSA) is 24.1 Å². The van der Waals surface area contributed by atoms with Gasteiger partial charge >= 0.3 is 0 Å². The summed E-state index contributed by atoms with van der Waals surface area (Å²) < 4.78 is 1.07. The fourth-order valence-electron chi connectivity index (χ4n) is 3.00. The minimum Gasteiger partial charge on any atom is -0.355 e. The van der Waals surface area contributed by atoms with Gasteiger partial charge in [0.2, 0.25) is 0 Å². The first-order chi connectivity index (χ1) is 12.7. The maximum Gasteiger partial charge on any atom is 0.0465 e. The second kappa shape index (κ2) is 7.22. The third kappa shape index (κ3) is 3.58. The average Bonchev–Trinajstić information content (AvgIpc) is 2.67. The molecule has 4 rings (SSSR count). The van der Waals surface area contributed by atoms with Crippen molar-refractivity contribution in [2.24, 2.45) is 0 Å². The summed E-state index contributed by atoms with van der Waals surface area (Å²) in [7, 11) is 0. The standard InChI is InChI=1S/C23H19BrN2/c1-16-6-10-18(11-7-16)25-22-14-15-23(21-5-3-2-4-20(21)22)26-19-12-8-17(24)9-13-19/h2-15,25-26H,1H3. The maximum absolute atomic E-state index is 3.54. The van der Waals surface area contributed by atoms with Crippen molar-refractivity contribution in [1.82, 2.24) is 0 Å². The van der Waals surface area contributed by atoms with Crippen molar-refractivity contribution in [3.63, 3.8) is 0 Å². The zero-order valence-electron chi connectivity index (χ0n) is 14.5. The summed E-state index contributed by atoms with van der Waals surface area (Å²) in [4.78, 5) is 0. The van der Waals surface area contributed by atoms with Gasteiger partial charge in [0.1, 0.15) is 0 Å². The van der Waals surface area contributed by atoms with E-state index in [4.69, 9.17) is 0 Å². The first kappa shape index (κ1) is 16.7. The average molecular weight is 403 g/mol. The van der Waals surface area contributed by atoms with Crippen LogP contribution < -0.4 is 10.6 Å². The SMILES string of the molecule is Cc1ccc(Nc2ccc(Nc3ccc(Br)cc3)c3ccccc23)cc1. The molecule has 4 aromatic carbocycles. The highest BCUT2D eigenvalue weighted by Crippen LogP contribution is 2.33. The molecule has 0 amide bonds. The molecule has 26 heavy (non-hydrogen) atoms. The largest absolute Gasteiger partial charge is 0.355 e. The molecule has 0 heterocycles. The van der Waals surface area contributed by atoms with Gasteiger partial charge < -0.3 is 10.6 Å². The Bertz CT molecular complexity index is 952. The van der Waals surface area contributed by atoms with Crippen LogP contribution in [-0.4, -0.2) is 0 Å². The highest BCUT2D eigenvalue weighted by atomic mass is 79.9. The van der Waals surface area contributed by atoms with E-state index in [2.05, 4.69) is 106 Å². The second-order valence-corrected chi connectivity index (χ2v) is 7.24. The molecule has 0 atom stereocenters. The molecule has 0 aromatic heterocycles. The number of aryl methyl sites for hydroxylation is 1. The second-order valence-electron chi connectivity index (χ2n) is 6.33. The summed E-state index contributed by atoms with van der Waals surface area (Å²) in [6.45, 7) is 2.10. The highest BCUT2D eigenvalue weighted by Gasteiger charge is 2.06. The van der Waals surface area contributed by atoms with Gasteiger partial charge in [-0.2, -0.15) is 0 Å². The van der Waals surface area contributed by atoms with Crippen LogP contribution in [0.1, 0.15) is 5.56 Å². The summed E-state index contributed by atoms with van der Waals surface area (Å²) in [5, 5.41) is 9.44. The number of benzene rings is 4. The Hall–Kier alpha value is -2.78. The Morgan fingerprint density at radius 1 is 0.577 bits per heavy atom. The molecular weight excluding hydrogens is 384 g/mol. The fourth-order valence-corrected chi connectivity index (χ4v) is 3.26. The van der Waals surface area contributed by atoms with E-state index < -0.39 is 0 Å². The van der Waals surface area contributed by atoms with Crippen LogP contribution in [0.25, 0.3) is 10.8 Å². The maximum atomic E-state index is 3.54. The summed E-state index contributed by atoms with van der Waals surface area (Å²) in [5.41, 5.74) is 5.62. The van der Waals surface area contributed by atoms with E-state index in [0.717, 1.165) is 27.2 Å². The van der Waals surface area contributed by atoms with Gasteiger partial charge in [0.05, 0.1) is 0 Å². The van der Waals surface area contributed by atoms with Gasteiger partial charge in [-0.15, -0.1) is 0 Å². The van der Waals surface area contributed by atoms with E-state index in [1.165, 1.54) is 16.3 Å². The number of hydrogen-bond donors (Lipinski definition) is 2. The Morgan fingerprint density at radius 3 is 1.54 bits per heavy atom. The van der Waals surface area contributed by atoms with Crippen LogP contribution in [0.15, 0.2) is 89.4 Å². The highest BCUT2D eigenvalue weighted by molar-refractivity contribution is 9.10. The van der Waals surface area contributed by atoms with Gasteiger partial charge in [-0.05, 0) is 55.5 Å². The minimum atomic E-state index is 1.07. The molecule has 0 aliphatic heterocycles. The number of fused-ring (bicyclic) bond motifs is 1. The molecule has 2 N–H and O–H groups in total. The molecule has 0 aliphatic carbocycles. The van der Waals surface area contributed by atoms with E-state index in [-0.39, 0.29) is 0 Å². The lowest BCUT2D eigenvalue weighted by atomic mass is 10.1. The predicted octanol–water partition coefficient (Wildman–Crippen LogP) is 7.40. The Balaban J connectivity index is 1.70. The van der Waals surface area contributed by atoms with E-state index in [1.807, 2.05) is 12.1 Å². The van der Waals surface area contributed by atoms with Crippen LogP contribution in [0.4, 0.5) is 22.7 Å². The van der Waals surface area contributed by atoms with Crippen molar-refractivity contribution >= 4 is 49.5 Å². The molecule has 4 aromatic rings. The van der Waals surface area contributed by atoms with E-state index in [0.29, 0.717) is 0 Å². The van der Waals surface area contributed by atoms with Crippen LogP contribution in [0.2, 0.25) is 0 Å². The van der Waals surface area contributed by atoms with Crippen LogP contribution >= 0.6 is 15.9 Å². The van der Waals surface area contributed by atoms with Crippen LogP contribution in [-0.2, 0) is 0 Å². The third-order valence-corrected chi connectivity index (χ3v) is 4.91. The first-order valence-corrected chi connectivity index (χ1v) is 9.36. The quantitative estimate of drug-likeness (QED) is 0.371. The Morgan fingerprint density at radius 2 is 1.04 bits per heavy atom. The molecule has 128 valence electrons. The van der Waals surface area contributed by atoms with Crippen molar-refractivity contribution < 1.29 is 0 Å². The molecule has 0 bridgehead atoms. The zero-order valence-corrected chi connectivity index (χ0v) is 16.0. The van der Waals surface area contributed by atoms with Crippen LogP contribution in [0.3, 0.4) is 0 Å². The van der Waals surface area contributed by atoms with E-state index in [9.17, 15) is 0 Å². The first-order valence-electron chi connectivity index (χ1n) is 8.57. The van der Waals surface area contributed by atoms with Gasteiger partial charge in [-0.1, -0.05) is 57.9 Å². The summed E-state index contributed by atoms with van der Waals surface area (Å²) in [6, 6.07) is 29.4. The molecule has 0 aliphatic rings. The minimum absolute atomic E-state index is 1.07. The number of hydrogen-bond acceptors (Lipinski definition) is 2. The summed E-state index contributed by atoms with van der Waals surface area (Å²) in [6.07, 6.45) is 0. The zero-order chi connectivity index (χ0) is 17.9. The third-order valence-electron chi connectivity index (χ3n) is 4.38. The van der Waals surface area contributed by atoms with Crippen molar-refractivity contribution in [3.05, 3.63) is 95.0 Å². The van der Waals surface area contributed by atoms with Crippen molar-refractivity contribution in [2.45, 2.75) is 6.92 Å². The summed E-state index contributed by atoms with van der Waals surface area (Å²) in [5.74, 6) is 0. The predicted molar refractivity (Wildman–Crippen MR) is 116 cm³/mol. The fraction of sp³-hybridized carbons (Fsp3) is 0.0435. The number of anilines is 4. The van der Waals surface area contributed by atoms with Gasteiger partial charge in [0, 0.05) is 38.0 Å². The van der Waals surface area contributed by atoms with Crippen molar-refractivity contribution in [1.29, 1.82) is 0 Å². The molecule has 0 saturated heterocycles. The molecule has 0 spiro atoms. The number of halogens is 1. The van der Waals surface area contributed by atoms with Gasteiger partial charge in [0.25, 0.3) is 0 Å². The van der Waals surface area contributed by atoms with Crippen LogP contribution in [0.5, 0.6) is 0 Å². The molecule has 2 nitrogen and oxygen atoms in total. The van der Waals surface area contributed by atoms with Gasteiger partial charge in [-0.3, -0.25) is 0 Å². The molecule has 0 fully saturated rings. The van der Waals surface area contributed by atoms with Gasteiger partial charge in [0.15, 0.2) is 0 Å². The molecule has 0 saturated carbocycles. The molecule has 0 unspecified atom stereocenters. The van der Waals surface area contributed by atoms with Crippen molar-refractivity contribution in [3.8, 4) is 0 Å². The smallest absolute Gasteiger partial charge is 0.0465 e. The molecular formula is C23H19BrN2. The molecule has 3 heteroatoms. The van der Waals surface area contributed by atoms with Gasteiger partial charge in [-0.25, -0.2) is 0 Å². The number of rotatable bonds is 4. The lowest BCUT2D eigenvalue weighted by Gasteiger charge is -2.15. The summed E-state index contributed by atoms with van der Waals surface area (Å²) >= 11 is 3.48. The lowest BCUT2D eigenvalue weighted by Crippen LogP contribution is -1.95. The Labute approximate surface area is 162 Å². The normalized spacial score (nSPS) is 10.7. The monoisotopic (exact) mass is 402 g/mol. The molecule has 0 radical (unpaired) electrons. The number of nitrogens with one attached hydrogen (secondary N) is 2. The van der Waals surface area contributed by atoms with E-state index in [1.54, 1.807) is 0 Å². The Kier molecular flexibility index (Phi) is 4.63. The van der Waals surface area contributed by atoms with E-state index >= 15 is 0 Å². The lowest BCUT2D eigenvalue weighted by molar-refractivity contribution is 1.46. The van der Waals surface area contributed by atoms with Crippen molar-refractivity contribution in [2.75, 3.05) is 10.6 Å².